The van der Waals surface area contributed by atoms with E-state index >= 15 is 0 Å². The van der Waals surface area contributed by atoms with Gasteiger partial charge >= 0.3 is 5.97 Å². The molecular weight excluding hydrogens is 488 g/mol. The number of hydrogen-bond acceptors (Lipinski definition) is 8. The molecule has 2 rings (SSSR count). The van der Waals surface area contributed by atoms with Crippen LogP contribution in [0.15, 0.2) is 23.1 Å². The molecule has 1 aliphatic rings. The van der Waals surface area contributed by atoms with Crippen molar-refractivity contribution in [1.82, 2.24) is 9.80 Å². The first-order valence-corrected chi connectivity index (χ1v) is 13.1. The zero-order valence-electron chi connectivity index (χ0n) is 20.8. The molecule has 192 valence electrons. The number of rotatable bonds is 14. The largest absolute Gasteiger partial charge is 0.490 e. The monoisotopic (exact) mass is 522 g/mol. The highest BCUT2D eigenvalue weighted by Crippen LogP contribution is 2.35. The number of thioether (sulfide) groups is 1. The minimum atomic E-state index is -0.266. The van der Waals surface area contributed by atoms with Gasteiger partial charge in [0.05, 0.1) is 18.1 Å². The number of carbonyl (C=O) groups is 3. The van der Waals surface area contributed by atoms with E-state index in [1.165, 1.54) is 16.7 Å². The Hall–Kier alpha value is -2.59. The van der Waals surface area contributed by atoms with Crippen molar-refractivity contribution in [3.05, 3.63) is 28.7 Å². The standard InChI is InChI=1S/C25H34N2O6S2/c1-5-14-32-23(29)10-9-13-27-24(30)21(35-25(27)34)16-18-11-12-19(20(15-18)31-8-4)33-17-22(28)26(6-2)7-3/h11-12,15-16H,5-10,13-14,17H2,1-4H3/b21-16+. The van der Waals surface area contributed by atoms with E-state index in [-0.39, 0.29) is 30.8 Å². The average Bonchev–Trinajstić information content (AvgIpc) is 3.10. The summed E-state index contributed by atoms with van der Waals surface area (Å²) < 4.78 is 17.0. The Labute approximate surface area is 216 Å². The van der Waals surface area contributed by atoms with E-state index in [1.807, 2.05) is 27.7 Å². The number of thiocarbonyl (C=S) groups is 1. The molecule has 0 N–H and O–H groups in total. The maximum absolute atomic E-state index is 12.9. The van der Waals surface area contributed by atoms with Crippen LogP contribution in [0.2, 0.25) is 0 Å². The molecule has 1 saturated heterocycles. The van der Waals surface area contributed by atoms with Crippen LogP contribution in [0.3, 0.4) is 0 Å². The summed E-state index contributed by atoms with van der Waals surface area (Å²) in [5, 5.41) is 0. The first-order valence-electron chi connectivity index (χ1n) is 11.9. The quantitative estimate of drug-likeness (QED) is 0.204. The van der Waals surface area contributed by atoms with Crippen LogP contribution < -0.4 is 9.47 Å². The van der Waals surface area contributed by atoms with E-state index in [2.05, 4.69) is 0 Å². The van der Waals surface area contributed by atoms with E-state index in [0.29, 0.717) is 60.0 Å². The van der Waals surface area contributed by atoms with Crippen LogP contribution in [0.4, 0.5) is 0 Å². The van der Waals surface area contributed by atoms with Gasteiger partial charge in [-0.05, 0) is 57.4 Å². The molecule has 0 aliphatic carbocycles. The molecule has 0 spiro atoms. The Kier molecular flexibility index (Phi) is 12.1. The summed E-state index contributed by atoms with van der Waals surface area (Å²) in [7, 11) is 0. The van der Waals surface area contributed by atoms with Crippen LogP contribution >= 0.6 is 24.0 Å². The van der Waals surface area contributed by atoms with Crippen molar-refractivity contribution >= 4 is 52.2 Å². The second-order valence-corrected chi connectivity index (χ2v) is 9.33. The molecule has 2 amide bonds. The fraction of sp³-hybridized carbons (Fsp3) is 0.520. The van der Waals surface area contributed by atoms with Crippen LogP contribution in [-0.4, -0.2) is 71.4 Å². The van der Waals surface area contributed by atoms with Gasteiger partial charge in [-0.1, -0.05) is 37.0 Å². The number of ether oxygens (including phenoxy) is 3. The van der Waals surface area contributed by atoms with Gasteiger partial charge in [0, 0.05) is 26.1 Å². The Morgan fingerprint density at radius 3 is 2.51 bits per heavy atom. The summed E-state index contributed by atoms with van der Waals surface area (Å²) in [5.41, 5.74) is 0.750. The highest BCUT2D eigenvalue weighted by atomic mass is 32.2. The van der Waals surface area contributed by atoms with E-state index in [1.54, 1.807) is 29.2 Å². The second-order valence-electron chi connectivity index (χ2n) is 7.65. The van der Waals surface area contributed by atoms with Crippen molar-refractivity contribution in [3.8, 4) is 11.5 Å². The number of amides is 2. The maximum Gasteiger partial charge on any atom is 0.305 e. The molecule has 0 aromatic heterocycles. The first-order chi connectivity index (χ1) is 16.8. The molecule has 10 heteroatoms. The number of likely N-dealkylation sites (N-methyl/N-ethyl adjacent to an activating group) is 1. The normalized spacial score (nSPS) is 14.4. The predicted molar refractivity (Wildman–Crippen MR) is 141 cm³/mol. The highest BCUT2D eigenvalue weighted by molar-refractivity contribution is 8.26. The molecule has 0 bridgehead atoms. The summed E-state index contributed by atoms with van der Waals surface area (Å²) >= 11 is 6.60. The smallest absolute Gasteiger partial charge is 0.305 e. The summed E-state index contributed by atoms with van der Waals surface area (Å²) in [6.07, 6.45) is 3.25. The third-order valence-electron chi connectivity index (χ3n) is 5.14. The second kappa shape index (κ2) is 14.7. The Balaban J connectivity index is 2.05. The van der Waals surface area contributed by atoms with Gasteiger partial charge in [0.2, 0.25) is 0 Å². The SMILES string of the molecule is CCCOC(=O)CCCN1C(=O)/C(=C\c2ccc(OCC(=O)N(CC)CC)c(OCC)c2)SC1=S. The minimum Gasteiger partial charge on any atom is -0.490 e. The molecule has 8 nitrogen and oxygen atoms in total. The Morgan fingerprint density at radius 1 is 1.11 bits per heavy atom. The van der Waals surface area contributed by atoms with Gasteiger partial charge in [-0.25, -0.2) is 0 Å². The zero-order valence-corrected chi connectivity index (χ0v) is 22.5. The third kappa shape index (κ3) is 8.54. The van der Waals surface area contributed by atoms with Gasteiger partial charge in [0.25, 0.3) is 11.8 Å². The van der Waals surface area contributed by atoms with Crippen molar-refractivity contribution in [3.63, 3.8) is 0 Å². The van der Waals surface area contributed by atoms with Crippen LogP contribution in [0.25, 0.3) is 6.08 Å². The Morgan fingerprint density at radius 2 is 1.86 bits per heavy atom. The average molecular weight is 523 g/mol. The lowest BCUT2D eigenvalue weighted by Gasteiger charge is -2.19. The lowest BCUT2D eigenvalue weighted by atomic mass is 10.2. The molecule has 0 saturated carbocycles. The van der Waals surface area contributed by atoms with E-state index in [9.17, 15) is 14.4 Å². The van der Waals surface area contributed by atoms with Gasteiger partial charge in [-0.3, -0.25) is 19.3 Å². The highest BCUT2D eigenvalue weighted by Gasteiger charge is 2.31. The van der Waals surface area contributed by atoms with Crippen LogP contribution in [0.5, 0.6) is 11.5 Å². The summed E-state index contributed by atoms with van der Waals surface area (Å²) in [4.78, 5) is 40.5. The van der Waals surface area contributed by atoms with Gasteiger partial charge in [-0.2, -0.15) is 0 Å². The molecule has 0 radical (unpaired) electrons. The fourth-order valence-corrected chi connectivity index (χ4v) is 4.63. The third-order valence-corrected chi connectivity index (χ3v) is 6.51. The fourth-order valence-electron chi connectivity index (χ4n) is 3.32. The minimum absolute atomic E-state index is 0.0776. The predicted octanol–water partition coefficient (Wildman–Crippen LogP) is 4.27. The summed E-state index contributed by atoms with van der Waals surface area (Å²) in [6.45, 7) is 10.0. The topological polar surface area (TPSA) is 85.4 Å². The number of nitrogens with zero attached hydrogens (tertiary/aromatic N) is 2. The van der Waals surface area contributed by atoms with Gasteiger partial charge in [0.1, 0.15) is 4.32 Å². The van der Waals surface area contributed by atoms with Gasteiger partial charge in [-0.15, -0.1) is 0 Å². The van der Waals surface area contributed by atoms with Crippen molar-refractivity contribution in [2.24, 2.45) is 0 Å². The zero-order chi connectivity index (χ0) is 25.8. The summed E-state index contributed by atoms with van der Waals surface area (Å²) in [6, 6.07) is 5.31. The molecule has 1 fully saturated rings. The summed E-state index contributed by atoms with van der Waals surface area (Å²) in [5.74, 6) is 0.410. The van der Waals surface area contributed by atoms with E-state index < -0.39 is 0 Å². The van der Waals surface area contributed by atoms with Crippen molar-refractivity contribution in [1.29, 1.82) is 0 Å². The van der Waals surface area contributed by atoms with Crippen LogP contribution in [0.1, 0.15) is 52.5 Å². The molecule has 1 aliphatic heterocycles. The van der Waals surface area contributed by atoms with Crippen molar-refractivity contribution in [2.75, 3.05) is 39.5 Å². The lowest BCUT2D eigenvalue weighted by molar-refractivity contribution is -0.144. The van der Waals surface area contributed by atoms with E-state index in [0.717, 1.165) is 12.0 Å². The number of hydrogen-bond donors (Lipinski definition) is 0. The van der Waals surface area contributed by atoms with Crippen molar-refractivity contribution in [2.45, 2.75) is 47.0 Å². The van der Waals surface area contributed by atoms with Gasteiger partial charge in [0.15, 0.2) is 18.1 Å². The van der Waals surface area contributed by atoms with Crippen molar-refractivity contribution < 1.29 is 28.6 Å². The molecule has 1 aromatic carbocycles. The van der Waals surface area contributed by atoms with E-state index in [4.69, 9.17) is 26.4 Å². The lowest BCUT2D eigenvalue weighted by Crippen LogP contribution is -2.34. The molecular formula is C25H34N2O6S2. The molecule has 0 atom stereocenters. The van der Waals surface area contributed by atoms with Gasteiger partial charge < -0.3 is 19.1 Å². The van der Waals surface area contributed by atoms with Crippen LogP contribution in [-0.2, 0) is 19.1 Å². The Bertz CT molecular complexity index is 946. The number of carbonyl (C=O) groups excluding carboxylic acids is 3. The molecule has 35 heavy (non-hydrogen) atoms. The first kappa shape index (κ1) is 28.6. The van der Waals surface area contributed by atoms with Crippen LogP contribution in [0, 0.1) is 0 Å². The number of esters is 1. The molecule has 1 aromatic rings. The number of benzene rings is 1. The maximum atomic E-state index is 12.9. The molecule has 0 unspecified atom stereocenters. The molecule has 1 heterocycles.